The van der Waals surface area contributed by atoms with Crippen molar-refractivity contribution >= 4 is 11.6 Å². The van der Waals surface area contributed by atoms with Gasteiger partial charge in [-0.05, 0) is 49.7 Å². The molecule has 0 aliphatic carbocycles. The highest BCUT2D eigenvalue weighted by Crippen LogP contribution is 2.20. The molecule has 0 bridgehead atoms. The summed E-state index contributed by atoms with van der Waals surface area (Å²) in [5.41, 5.74) is 1.70. The van der Waals surface area contributed by atoms with Gasteiger partial charge < -0.3 is 15.0 Å². The monoisotopic (exact) mass is 343 g/mol. The van der Waals surface area contributed by atoms with Gasteiger partial charge in [-0.1, -0.05) is 0 Å². The van der Waals surface area contributed by atoms with E-state index in [1.54, 1.807) is 18.3 Å². The molecule has 132 valence electrons. The van der Waals surface area contributed by atoms with Gasteiger partial charge in [-0.2, -0.15) is 0 Å². The van der Waals surface area contributed by atoms with Gasteiger partial charge in [0.15, 0.2) is 0 Å². The number of nitrogens with zero attached hydrogens (tertiary/aromatic N) is 2. The summed E-state index contributed by atoms with van der Waals surface area (Å²) in [6, 6.07) is 10.2. The second-order valence-corrected chi connectivity index (χ2v) is 6.07. The van der Waals surface area contributed by atoms with E-state index < -0.39 is 0 Å². The summed E-state index contributed by atoms with van der Waals surface area (Å²) in [6.45, 7) is 4.08. The summed E-state index contributed by atoms with van der Waals surface area (Å²) in [5, 5.41) is 3.05. The van der Waals surface area contributed by atoms with Crippen molar-refractivity contribution in [2.45, 2.75) is 25.8 Å². The third-order valence-electron chi connectivity index (χ3n) is 4.20. The molecule has 3 rings (SSSR count). The Hall–Kier alpha value is -2.63. The molecule has 1 aliphatic rings. The van der Waals surface area contributed by atoms with Gasteiger partial charge in [0.25, 0.3) is 0 Å². The quantitative estimate of drug-likeness (QED) is 0.876. The molecule has 1 amide bonds. The van der Waals surface area contributed by atoms with Gasteiger partial charge in [-0.15, -0.1) is 0 Å². The Balaban J connectivity index is 1.49. The van der Waals surface area contributed by atoms with E-state index in [4.69, 9.17) is 4.74 Å². The number of ether oxygens (including phenoxy) is 1. The lowest BCUT2D eigenvalue weighted by molar-refractivity contribution is -0.121. The van der Waals surface area contributed by atoms with Crippen LogP contribution in [0.1, 0.15) is 19.0 Å². The van der Waals surface area contributed by atoms with Gasteiger partial charge in [0.05, 0.1) is 19.2 Å². The average molecular weight is 343 g/mol. The molecule has 2 heterocycles. The Morgan fingerprint density at radius 2 is 2.12 bits per heavy atom. The smallest absolute Gasteiger partial charge is 0.226 e. The predicted molar refractivity (Wildman–Crippen MR) is 94.3 cm³/mol. The van der Waals surface area contributed by atoms with E-state index in [9.17, 15) is 9.18 Å². The molecule has 1 saturated heterocycles. The first kappa shape index (κ1) is 17.2. The van der Waals surface area contributed by atoms with Crippen LogP contribution in [0.2, 0.25) is 0 Å². The van der Waals surface area contributed by atoms with Crippen molar-refractivity contribution < 1.29 is 13.9 Å². The Morgan fingerprint density at radius 1 is 1.32 bits per heavy atom. The van der Waals surface area contributed by atoms with Crippen LogP contribution < -0.4 is 15.0 Å². The summed E-state index contributed by atoms with van der Waals surface area (Å²) >= 11 is 0. The van der Waals surface area contributed by atoms with Gasteiger partial charge in [0.2, 0.25) is 5.91 Å². The zero-order valence-electron chi connectivity index (χ0n) is 14.2. The van der Waals surface area contributed by atoms with Crippen LogP contribution in [0.15, 0.2) is 42.6 Å². The molecular weight excluding hydrogens is 321 g/mol. The fourth-order valence-electron chi connectivity index (χ4n) is 2.98. The van der Waals surface area contributed by atoms with E-state index in [-0.39, 0.29) is 24.2 Å². The van der Waals surface area contributed by atoms with Crippen LogP contribution >= 0.6 is 0 Å². The first-order valence-electron chi connectivity index (χ1n) is 8.51. The van der Waals surface area contributed by atoms with Crippen molar-refractivity contribution in [3.8, 4) is 5.75 Å². The minimum Gasteiger partial charge on any atom is -0.492 e. The maximum Gasteiger partial charge on any atom is 0.226 e. The average Bonchev–Trinajstić information content (AvgIpc) is 3.06. The van der Waals surface area contributed by atoms with E-state index in [0.717, 1.165) is 25.2 Å². The first-order valence-corrected chi connectivity index (χ1v) is 8.51. The molecule has 1 atom stereocenters. The topological polar surface area (TPSA) is 54.5 Å². The van der Waals surface area contributed by atoms with Crippen molar-refractivity contribution in [3.63, 3.8) is 0 Å². The maximum atomic E-state index is 13.0. The molecule has 1 aromatic carbocycles. The van der Waals surface area contributed by atoms with Crippen molar-refractivity contribution in [1.29, 1.82) is 0 Å². The van der Waals surface area contributed by atoms with Crippen LogP contribution in [-0.4, -0.2) is 36.6 Å². The molecule has 0 radical (unpaired) electrons. The van der Waals surface area contributed by atoms with Crippen LogP contribution in [-0.2, 0) is 11.2 Å². The zero-order valence-corrected chi connectivity index (χ0v) is 14.2. The Morgan fingerprint density at radius 3 is 2.80 bits per heavy atom. The van der Waals surface area contributed by atoms with E-state index in [0.29, 0.717) is 18.1 Å². The Bertz CT molecular complexity index is 704. The highest BCUT2D eigenvalue weighted by molar-refractivity contribution is 5.78. The third kappa shape index (κ3) is 4.68. The second kappa shape index (κ2) is 7.96. The second-order valence-electron chi connectivity index (χ2n) is 6.07. The number of hydrogen-bond acceptors (Lipinski definition) is 4. The van der Waals surface area contributed by atoms with Gasteiger partial charge >= 0.3 is 0 Å². The summed E-state index contributed by atoms with van der Waals surface area (Å²) in [5.74, 6) is 0.427. The van der Waals surface area contributed by atoms with Crippen LogP contribution in [0.25, 0.3) is 0 Å². The van der Waals surface area contributed by atoms with Gasteiger partial charge in [-0.25, -0.2) is 4.39 Å². The molecule has 1 aromatic heterocycles. The number of hydrogen-bond donors (Lipinski definition) is 1. The highest BCUT2D eigenvalue weighted by Gasteiger charge is 2.24. The molecular formula is C19H22FN3O2. The summed E-state index contributed by atoms with van der Waals surface area (Å²) in [7, 11) is 0. The highest BCUT2D eigenvalue weighted by atomic mass is 19.1. The summed E-state index contributed by atoms with van der Waals surface area (Å²) in [4.78, 5) is 18.6. The summed E-state index contributed by atoms with van der Waals surface area (Å²) in [6.07, 6.45) is 2.76. The largest absolute Gasteiger partial charge is 0.492 e. The molecule has 6 heteroatoms. The van der Waals surface area contributed by atoms with E-state index >= 15 is 0 Å². The molecule has 1 aliphatic heterocycles. The minimum absolute atomic E-state index is 0.0392. The maximum absolute atomic E-state index is 13.0. The first-order chi connectivity index (χ1) is 12.1. The molecule has 1 unspecified atom stereocenters. The molecule has 1 N–H and O–H groups in total. The van der Waals surface area contributed by atoms with Crippen molar-refractivity contribution in [2.24, 2.45) is 0 Å². The van der Waals surface area contributed by atoms with Gasteiger partial charge in [-0.3, -0.25) is 9.78 Å². The van der Waals surface area contributed by atoms with E-state index in [1.165, 1.54) is 12.1 Å². The standard InChI is InChI=1S/C19H22FN3O2/c1-2-25-18-8-5-15(21-12-18)11-19(24)22-16-9-10-23(13-16)17-6-3-14(20)4-7-17/h3-8,12,16H,2,9-11,13H2,1H3,(H,22,24). The lowest BCUT2D eigenvalue weighted by Crippen LogP contribution is -2.38. The number of pyridine rings is 1. The number of halogens is 1. The SMILES string of the molecule is CCOc1ccc(CC(=O)NC2CCN(c3ccc(F)cc3)C2)nc1. The molecule has 5 nitrogen and oxygen atoms in total. The van der Waals surface area contributed by atoms with Crippen LogP contribution in [0.3, 0.4) is 0 Å². The number of carbonyl (C=O) groups is 1. The fraction of sp³-hybridized carbons (Fsp3) is 0.368. The number of rotatable bonds is 6. The van der Waals surface area contributed by atoms with E-state index in [2.05, 4.69) is 15.2 Å². The number of nitrogens with one attached hydrogen (secondary N) is 1. The molecule has 25 heavy (non-hydrogen) atoms. The molecule has 0 saturated carbocycles. The predicted octanol–water partition coefficient (Wildman–Crippen LogP) is 2.56. The fourth-order valence-corrected chi connectivity index (χ4v) is 2.98. The van der Waals surface area contributed by atoms with E-state index in [1.807, 2.05) is 19.1 Å². The van der Waals surface area contributed by atoms with Crippen LogP contribution in [0, 0.1) is 5.82 Å². The number of anilines is 1. The number of carbonyl (C=O) groups excluding carboxylic acids is 1. The Labute approximate surface area is 146 Å². The third-order valence-corrected chi connectivity index (χ3v) is 4.20. The molecule has 2 aromatic rings. The van der Waals surface area contributed by atoms with Crippen LogP contribution in [0.5, 0.6) is 5.75 Å². The molecule has 1 fully saturated rings. The zero-order chi connectivity index (χ0) is 17.6. The summed E-state index contributed by atoms with van der Waals surface area (Å²) < 4.78 is 18.4. The number of amides is 1. The minimum atomic E-state index is -0.240. The number of aromatic nitrogens is 1. The normalized spacial score (nSPS) is 16.7. The number of benzene rings is 1. The Kier molecular flexibility index (Phi) is 5.48. The van der Waals surface area contributed by atoms with Gasteiger partial charge in [0, 0.05) is 30.5 Å². The molecule has 0 spiro atoms. The van der Waals surface area contributed by atoms with Crippen molar-refractivity contribution in [3.05, 3.63) is 54.1 Å². The lowest BCUT2D eigenvalue weighted by Gasteiger charge is -2.19. The van der Waals surface area contributed by atoms with Crippen LogP contribution in [0.4, 0.5) is 10.1 Å². The lowest BCUT2D eigenvalue weighted by atomic mass is 10.2. The van der Waals surface area contributed by atoms with Gasteiger partial charge in [0.1, 0.15) is 11.6 Å². The van der Waals surface area contributed by atoms with Crippen molar-refractivity contribution in [1.82, 2.24) is 10.3 Å². The van der Waals surface area contributed by atoms with Crippen molar-refractivity contribution in [2.75, 3.05) is 24.6 Å².